The number of anilines is 1. The predicted octanol–water partition coefficient (Wildman–Crippen LogP) is 4.31. The monoisotopic (exact) mass is 458 g/mol. The van der Waals surface area contributed by atoms with Crippen LogP contribution in [0, 0.1) is 17.0 Å². The number of esters is 1. The number of carbonyl (C=O) groups is 2. The molecule has 0 saturated carbocycles. The van der Waals surface area contributed by atoms with E-state index in [1.807, 2.05) is 18.2 Å². The molecule has 0 bridgehead atoms. The number of furan rings is 1. The minimum atomic E-state index is -0.737. The zero-order chi connectivity index (χ0) is 22.8. The average Bonchev–Trinajstić information content (AvgIpc) is 3.48. The number of nitrogens with zero attached hydrogens (tertiary/aromatic N) is 1. The van der Waals surface area contributed by atoms with Gasteiger partial charge in [0.1, 0.15) is 9.92 Å². The van der Waals surface area contributed by atoms with E-state index in [2.05, 4.69) is 5.32 Å². The third-order valence-electron chi connectivity index (χ3n) is 4.75. The highest BCUT2D eigenvalue weighted by atomic mass is 32.1. The van der Waals surface area contributed by atoms with Gasteiger partial charge in [-0.25, -0.2) is 4.79 Å². The Labute approximate surface area is 185 Å². The number of rotatable bonds is 7. The minimum absolute atomic E-state index is 0.170. The van der Waals surface area contributed by atoms with E-state index in [1.165, 1.54) is 17.4 Å². The van der Waals surface area contributed by atoms with Gasteiger partial charge in [0.15, 0.2) is 17.3 Å². The molecule has 11 heteroatoms. The van der Waals surface area contributed by atoms with Crippen LogP contribution in [0.15, 0.2) is 34.7 Å². The Hall–Kier alpha value is -3.86. The van der Waals surface area contributed by atoms with E-state index in [4.69, 9.17) is 18.6 Å². The summed E-state index contributed by atoms with van der Waals surface area (Å²) in [6.45, 7) is 3.81. The molecule has 10 nitrogen and oxygen atoms in total. The first-order valence-corrected chi connectivity index (χ1v) is 10.4. The molecule has 1 N–H and O–H groups in total. The van der Waals surface area contributed by atoms with E-state index in [-0.39, 0.29) is 29.7 Å². The molecule has 0 spiro atoms. The maximum absolute atomic E-state index is 12.6. The van der Waals surface area contributed by atoms with Crippen LogP contribution >= 0.6 is 11.3 Å². The number of hydrogen-bond donors (Lipinski definition) is 1. The van der Waals surface area contributed by atoms with Crippen molar-refractivity contribution < 1.29 is 33.1 Å². The van der Waals surface area contributed by atoms with Gasteiger partial charge in [0.2, 0.25) is 6.79 Å². The van der Waals surface area contributed by atoms with Crippen molar-refractivity contribution in [3.8, 4) is 11.5 Å². The zero-order valence-electron chi connectivity index (χ0n) is 17.1. The van der Waals surface area contributed by atoms with Crippen molar-refractivity contribution in [1.82, 2.24) is 0 Å². The molecule has 0 atom stereocenters. The molecule has 32 heavy (non-hydrogen) atoms. The standard InChI is InChI=1S/C21H18N2O8S/c1-3-28-21(25)18-11(2)16(9-12-4-5-13-15(8-12)30-10-29-13)32-20(18)22-19(24)14-6-7-17(31-14)23(26)27/h4-8H,3,9-10H2,1-2H3,(H,22,24). The fourth-order valence-electron chi connectivity index (χ4n) is 3.22. The number of carbonyl (C=O) groups excluding carboxylic acids is 2. The molecule has 0 radical (unpaired) electrons. The Kier molecular flexibility index (Phi) is 5.82. The molecule has 2 aromatic heterocycles. The SMILES string of the molecule is CCOC(=O)c1c(NC(=O)c2ccc([N+](=O)[O-])o2)sc(Cc2ccc3c(c2)OCO3)c1C. The number of ether oxygens (including phenoxy) is 3. The van der Waals surface area contributed by atoms with Crippen molar-refractivity contribution in [2.75, 3.05) is 18.7 Å². The highest BCUT2D eigenvalue weighted by molar-refractivity contribution is 7.17. The van der Waals surface area contributed by atoms with Crippen LogP contribution in [-0.2, 0) is 11.2 Å². The number of fused-ring (bicyclic) bond motifs is 1. The van der Waals surface area contributed by atoms with Crippen LogP contribution in [0.4, 0.5) is 10.9 Å². The summed E-state index contributed by atoms with van der Waals surface area (Å²) < 4.78 is 20.9. The number of hydrogen-bond acceptors (Lipinski definition) is 9. The Bertz CT molecular complexity index is 1210. The fraction of sp³-hybridized carbons (Fsp3) is 0.238. The van der Waals surface area contributed by atoms with Crippen LogP contribution in [-0.4, -0.2) is 30.2 Å². The molecular weight excluding hydrogens is 440 g/mol. The third kappa shape index (κ3) is 4.14. The van der Waals surface area contributed by atoms with E-state index >= 15 is 0 Å². The second-order valence-electron chi connectivity index (χ2n) is 6.79. The van der Waals surface area contributed by atoms with Gasteiger partial charge >= 0.3 is 11.9 Å². The van der Waals surface area contributed by atoms with Gasteiger partial charge in [-0.05, 0) is 43.2 Å². The van der Waals surface area contributed by atoms with E-state index in [0.29, 0.717) is 23.5 Å². The number of benzene rings is 1. The molecule has 3 heterocycles. The van der Waals surface area contributed by atoms with Crippen LogP contribution < -0.4 is 14.8 Å². The third-order valence-corrected chi connectivity index (χ3v) is 5.96. The van der Waals surface area contributed by atoms with Crippen molar-refractivity contribution in [1.29, 1.82) is 0 Å². The summed E-state index contributed by atoms with van der Waals surface area (Å²) in [6, 6.07) is 7.87. The number of nitrogens with one attached hydrogen (secondary N) is 1. The van der Waals surface area contributed by atoms with Crippen molar-refractivity contribution >= 4 is 34.1 Å². The predicted molar refractivity (Wildman–Crippen MR) is 114 cm³/mol. The number of amides is 1. The smallest absolute Gasteiger partial charge is 0.433 e. The molecule has 4 rings (SSSR count). The summed E-state index contributed by atoms with van der Waals surface area (Å²) >= 11 is 1.22. The largest absolute Gasteiger partial charge is 0.462 e. The van der Waals surface area contributed by atoms with E-state index < -0.39 is 22.7 Å². The van der Waals surface area contributed by atoms with E-state index in [1.54, 1.807) is 13.8 Å². The molecular formula is C21H18N2O8S. The molecule has 1 amide bonds. The van der Waals surface area contributed by atoms with Crippen LogP contribution in [0.25, 0.3) is 0 Å². The summed E-state index contributed by atoms with van der Waals surface area (Å²) in [5.41, 5.74) is 1.85. The van der Waals surface area contributed by atoms with Crippen molar-refractivity contribution in [3.63, 3.8) is 0 Å². The second kappa shape index (κ2) is 8.71. The molecule has 0 aliphatic carbocycles. The Morgan fingerprint density at radius 2 is 2.00 bits per heavy atom. The topological polar surface area (TPSA) is 130 Å². The summed E-state index contributed by atoms with van der Waals surface area (Å²) in [6.07, 6.45) is 0.488. The van der Waals surface area contributed by atoms with Crippen molar-refractivity contribution in [3.05, 3.63) is 67.8 Å². The number of nitro groups is 1. The molecule has 0 saturated heterocycles. The van der Waals surface area contributed by atoms with E-state index in [9.17, 15) is 19.7 Å². The van der Waals surface area contributed by atoms with E-state index in [0.717, 1.165) is 16.5 Å². The van der Waals surface area contributed by atoms with Crippen LogP contribution in [0.5, 0.6) is 11.5 Å². The summed E-state index contributed by atoms with van der Waals surface area (Å²) in [5, 5.41) is 13.7. The highest BCUT2D eigenvalue weighted by Gasteiger charge is 2.26. The molecule has 1 aromatic carbocycles. The summed E-state index contributed by atoms with van der Waals surface area (Å²) in [4.78, 5) is 36.1. The summed E-state index contributed by atoms with van der Waals surface area (Å²) in [5.74, 6) is -0.750. The molecule has 166 valence electrons. The number of thiophene rings is 1. The van der Waals surface area contributed by atoms with Gasteiger partial charge in [0.25, 0.3) is 5.91 Å². The zero-order valence-corrected chi connectivity index (χ0v) is 17.9. The fourth-order valence-corrected chi connectivity index (χ4v) is 4.44. The second-order valence-corrected chi connectivity index (χ2v) is 7.89. The molecule has 0 unspecified atom stereocenters. The highest BCUT2D eigenvalue weighted by Crippen LogP contribution is 2.38. The first-order chi connectivity index (χ1) is 15.4. The quantitative estimate of drug-likeness (QED) is 0.315. The van der Waals surface area contributed by atoms with Crippen molar-refractivity contribution in [2.24, 2.45) is 0 Å². The Morgan fingerprint density at radius 1 is 1.22 bits per heavy atom. The first-order valence-electron chi connectivity index (χ1n) is 9.60. The van der Waals surface area contributed by atoms with Gasteiger partial charge in [0.05, 0.1) is 18.2 Å². The lowest BCUT2D eigenvalue weighted by molar-refractivity contribution is -0.402. The first kappa shape index (κ1) is 21.4. The molecule has 1 aliphatic rings. The lowest BCUT2D eigenvalue weighted by atomic mass is 10.1. The van der Waals surface area contributed by atoms with Gasteiger partial charge in [0, 0.05) is 11.3 Å². The Morgan fingerprint density at radius 3 is 2.72 bits per heavy atom. The van der Waals surface area contributed by atoms with Crippen molar-refractivity contribution in [2.45, 2.75) is 20.3 Å². The van der Waals surface area contributed by atoms with Crippen LogP contribution in [0.1, 0.15) is 43.8 Å². The van der Waals surface area contributed by atoms with Gasteiger partial charge in [-0.15, -0.1) is 11.3 Å². The van der Waals surface area contributed by atoms with Gasteiger partial charge in [-0.3, -0.25) is 14.9 Å². The van der Waals surface area contributed by atoms with Gasteiger partial charge in [-0.1, -0.05) is 6.07 Å². The maximum Gasteiger partial charge on any atom is 0.433 e. The van der Waals surface area contributed by atoms with Crippen LogP contribution in [0.3, 0.4) is 0 Å². The van der Waals surface area contributed by atoms with Crippen LogP contribution in [0.2, 0.25) is 0 Å². The lowest BCUT2D eigenvalue weighted by Gasteiger charge is -2.06. The Balaban J connectivity index is 1.63. The average molecular weight is 458 g/mol. The van der Waals surface area contributed by atoms with Gasteiger partial charge in [-0.2, -0.15) is 0 Å². The molecule has 3 aromatic rings. The normalized spacial score (nSPS) is 11.9. The summed E-state index contributed by atoms with van der Waals surface area (Å²) in [7, 11) is 0. The maximum atomic E-state index is 12.6. The van der Waals surface area contributed by atoms with Gasteiger partial charge < -0.3 is 23.9 Å². The molecule has 0 fully saturated rings. The lowest BCUT2D eigenvalue weighted by Crippen LogP contribution is -2.14. The molecule has 1 aliphatic heterocycles. The minimum Gasteiger partial charge on any atom is -0.462 e.